The van der Waals surface area contributed by atoms with Gasteiger partial charge in [-0.1, -0.05) is 6.07 Å². The molecule has 1 aliphatic rings. The van der Waals surface area contributed by atoms with Crippen molar-refractivity contribution in [2.24, 2.45) is 5.73 Å². The monoisotopic (exact) mass is 297 g/mol. The summed E-state index contributed by atoms with van der Waals surface area (Å²) in [6.45, 7) is 3.38. The second-order valence-electron chi connectivity index (χ2n) is 5.40. The number of amides is 1. The molecule has 1 aromatic carbocycles. The van der Waals surface area contributed by atoms with Crippen LogP contribution in [0.15, 0.2) is 18.2 Å². The van der Waals surface area contributed by atoms with Crippen LogP contribution in [-0.2, 0) is 11.2 Å². The van der Waals surface area contributed by atoms with E-state index in [-0.39, 0.29) is 18.4 Å². The molecule has 1 heterocycles. The molecule has 4 nitrogen and oxygen atoms in total. The van der Waals surface area contributed by atoms with Gasteiger partial charge in [-0.2, -0.15) is 0 Å². The number of nitrogens with one attached hydrogen (secondary N) is 1. The average molecular weight is 297 g/mol. The van der Waals surface area contributed by atoms with E-state index in [0.29, 0.717) is 12.1 Å². The van der Waals surface area contributed by atoms with Crippen molar-refractivity contribution in [2.45, 2.75) is 25.3 Å². The first-order valence-electron chi connectivity index (χ1n) is 7.24. The van der Waals surface area contributed by atoms with E-state index in [9.17, 15) is 13.6 Å². The Balaban J connectivity index is 1.78. The first-order chi connectivity index (χ1) is 10.1. The second-order valence-corrected chi connectivity index (χ2v) is 5.40. The van der Waals surface area contributed by atoms with Gasteiger partial charge in [0.1, 0.15) is 0 Å². The Morgan fingerprint density at radius 3 is 2.62 bits per heavy atom. The van der Waals surface area contributed by atoms with Crippen molar-refractivity contribution in [3.8, 4) is 0 Å². The number of nitrogens with zero attached hydrogens (tertiary/aromatic N) is 1. The van der Waals surface area contributed by atoms with Gasteiger partial charge in [0.25, 0.3) is 0 Å². The highest BCUT2D eigenvalue weighted by molar-refractivity contribution is 5.78. The van der Waals surface area contributed by atoms with Crippen LogP contribution in [0.4, 0.5) is 8.78 Å². The number of halogens is 2. The molecule has 0 saturated carbocycles. The summed E-state index contributed by atoms with van der Waals surface area (Å²) in [4.78, 5) is 14.2. The molecule has 0 spiro atoms. The highest BCUT2D eigenvalue weighted by atomic mass is 19.2. The van der Waals surface area contributed by atoms with Crippen LogP contribution in [0.1, 0.15) is 18.4 Å². The minimum Gasteiger partial charge on any atom is -0.353 e. The van der Waals surface area contributed by atoms with Crippen LogP contribution >= 0.6 is 0 Å². The molecule has 0 aromatic heterocycles. The number of nitrogens with two attached hydrogens (primary N) is 1. The van der Waals surface area contributed by atoms with E-state index in [1.54, 1.807) is 0 Å². The summed E-state index contributed by atoms with van der Waals surface area (Å²) in [5.74, 6) is -1.97. The van der Waals surface area contributed by atoms with E-state index in [2.05, 4.69) is 10.2 Å². The largest absolute Gasteiger partial charge is 0.353 e. The van der Waals surface area contributed by atoms with E-state index >= 15 is 0 Å². The lowest BCUT2D eigenvalue weighted by atomic mass is 10.0. The molecular weight excluding hydrogens is 276 g/mol. The molecule has 0 aliphatic carbocycles. The molecule has 1 fully saturated rings. The SMILES string of the molecule is NCCN1CCC(NC(=O)Cc2ccc(F)c(F)c2)CC1. The van der Waals surface area contributed by atoms with Crippen LogP contribution in [0.25, 0.3) is 0 Å². The third-order valence-electron chi connectivity index (χ3n) is 3.75. The topological polar surface area (TPSA) is 58.4 Å². The molecule has 0 unspecified atom stereocenters. The summed E-state index contributed by atoms with van der Waals surface area (Å²) < 4.78 is 25.9. The smallest absolute Gasteiger partial charge is 0.224 e. The van der Waals surface area contributed by atoms with Gasteiger partial charge in [-0.3, -0.25) is 4.79 Å². The molecule has 3 N–H and O–H groups in total. The van der Waals surface area contributed by atoms with Crippen molar-refractivity contribution in [1.82, 2.24) is 10.2 Å². The maximum atomic E-state index is 13.1. The number of piperidine rings is 1. The standard InChI is InChI=1S/C15H21F2N3O/c16-13-2-1-11(9-14(13)17)10-15(21)19-12-3-6-20(7-4-12)8-5-18/h1-2,9,12H,3-8,10,18H2,(H,19,21). The number of carbonyl (C=O) groups excluding carboxylic acids is 1. The summed E-state index contributed by atoms with van der Waals surface area (Å²) in [5.41, 5.74) is 5.99. The fourth-order valence-corrected chi connectivity index (χ4v) is 2.60. The summed E-state index contributed by atoms with van der Waals surface area (Å²) >= 11 is 0. The number of carbonyl (C=O) groups is 1. The second kappa shape index (κ2) is 7.47. The number of likely N-dealkylation sites (tertiary alicyclic amines) is 1. The lowest BCUT2D eigenvalue weighted by Crippen LogP contribution is -2.46. The fraction of sp³-hybridized carbons (Fsp3) is 0.533. The predicted molar refractivity (Wildman–Crippen MR) is 76.7 cm³/mol. The minimum atomic E-state index is -0.921. The third kappa shape index (κ3) is 4.75. The van der Waals surface area contributed by atoms with Gasteiger partial charge in [-0.05, 0) is 30.5 Å². The fourth-order valence-electron chi connectivity index (χ4n) is 2.60. The molecule has 1 saturated heterocycles. The van der Waals surface area contributed by atoms with Crippen LogP contribution in [0.3, 0.4) is 0 Å². The quantitative estimate of drug-likeness (QED) is 0.854. The van der Waals surface area contributed by atoms with E-state index in [4.69, 9.17) is 5.73 Å². The molecule has 1 aliphatic heterocycles. The molecule has 116 valence electrons. The zero-order valence-electron chi connectivity index (χ0n) is 11.9. The molecule has 1 aromatic rings. The van der Waals surface area contributed by atoms with Gasteiger partial charge in [0.05, 0.1) is 6.42 Å². The first-order valence-corrected chi connectivity index (χ1v) is 7.24. The zero-order chi connectivity index (χ0) is 15.2. The molecule has 6 heteroatoms. The third-order valence-corrected chi connectivity index (χ3v) is 3.75. The number of hydrogen-bond acceptors (Lipinski definition) is 3. The minimum absolute atomic E-state index is 0.0697. The van der Waals surface area contributed by atoms with E-state index in [1.807, 2.05) is 0 Å². The van der Waals surface area contributed by atoms with Gasteiger partial charge in [-0.25, -0.2) is 8.78 Å². The van der Waals surface area contributed by atoms with Gasteiger partial charge in [0, 0.05) is 32.2 Å². The molecule has 21 heavy (non-hydrogen) atoms. The van der Waals surface area contributed by atoms with Crippen molar-refractivity contribution in [3.63, 3.8) is 0 Å². The van der Waals surface area contributed by atoms with Gasteiger partial charge < -0.3 is 16.0 Å². The molecule has 0 bridgehead atoms. The molecule has 1 amide bonds. The van der Waals surface area contributed by atoms with Crippen LogP contribution in [0.2, 0.25) is 0 Å². The Kier molecular flexibility index (Phi) is 5.64. The van der Waals surface area contributed by atoms with Crippen molar-refractivity contribution in [2.75, 3.05) is 26.2 Å². The van der Waals surface area contributed by atoms with Gasteiger partial charge in [-0.15, -0.1) is 0 Å². The summed E-state index contributed by atoms with van der Waals surface area (Å²) in [6.07, 6.45) is 1.85. The van der Waals surface area contributed by atoms with Crippen LogP contribution in [0.5, 0.6) is 0 Å². The lowest BCUT2D eigenvalue weighted by molar-refractivity contribution is -0.121. The Morgan fingerprint density at radius 2 is 2.00 bits per heavy atom. The predicted octanol–water partition coefficient (Wildman–Crippen LogP) is 1.05. The van der Waals surface area contributed by atoms with E-state index in [0.717, 1.165) is 44.6 Å². The first kappa shape index (κ1) is 15.9. The molecular formula is C15H21F2N3O. The Hall–Kier alpha value is -1.53. The van der Waals surface area contributed by atoms with Crippen LogP contribution < -0.4 is 11.1 Å². The van der Waals surface area contributed by atoms with Crippen LogP contribution in [-0.4, -0.2) is 43.0 Å². The summed E-state index contributed by atoms with van der Waals surface area (Å²) in [7, 11) is 0. The number of hydrogen-bond donors (Lipinski definition) is 2. The zero-order valence-corrected chi connectivity index (χ0v) is 11.9. The van der Waals surface area contributed by atoms with Crippen molar-refractivity contribution < 1.29 is 13.6 Å². The average Bonchev–Trinajstić information content (AvgIpc) is 2.45. The van der Waals surface area contributed by atoms with Gasteiger partial charge >= 0.3 is 0 Å². The van der Waals surface area contributed by atoms with Crippen molar-refractivity contribution in [1.29, 1.82) is 0 Å². The van der Waals surface area contributed by atoms with E-state index in [1.165, 1.54) is 6.07 Å². The van der Waals surface area contributed by atoms with Gasteiger partial charge in [0.2, 0.25) is 5.91 Å². The Morgan fingerprint density at radius 1 is 1.29 bits per heavy atom. The van der Waals surface area contributed by atoms with Crippen LogP contribution in [0, 0.1) is 11.6 Å². The lowest BCUT2D eigenvalue weighted by Gasteiger charge is -2.32. The maximum absolute atomic E-state index is 13.1. The molecule has 2 rings (SSSR count). The Bertz CT molecular complexity index is 488. The van der Waals surface area contributed by atoms with Gasteiger partial charge in [0.15, 0.2) is 11.6 Å². The highest BCUT2D eigenvalue weighted by Gasteiger charge is 2.20. The summed E-state index contributed by atoms with van der Waals surface area (Å²) in [6, 6.07) is 3.70. The summed E-state index contributed by atoms with van der Waals surface area (Å²) in [5, 5.41) is 2.95. The number of rotatable bonds is 5. The van der Waals surface area contributed by atoms with Crippen molar-refractivity contribution >= 4 is 5.91 Å². The normalized spacial score (nSPS) is 16.9. The molecule has 0 atom stereocenters. The highest BCUT2D eigenvalue weighted by Crippen LogP contribution is 2.12. The van der Waals surface area contributed by atoms with Crippen molar-refractivity contribution in [3.05, 3.63) is 35.4 Å². The Labute approximate surface area is 123 Å². The number of benzene rings is 1. The van der Waals surface area contributed by atoms with E-state index < -0.39 is 11.6 Å². The maximum Gasteiger partial charge on any atom is 0.224 e. The molecule has 0 radical (unpaired) electrons.